The Hall–Kier alpha value is -1.90. The highest BCUT2D eigenvalue weighted by Crippen LogP contribution is 2.26. The highest BCUT2D eigenvalue weighted by molar-refractivity contribution is 5.94. The van der Waals surface area contributed by atoms with Crippen molar-refractivity contribution in [3.05, 3.63) is 23.9 Å². The van der Waals surface area contributed by atoms with Gasteiger partial charge < -0.3 is 15.8 Å². The average Bonchev–Trinajstić information content (AvgIpc) is 2.65. The number of carbonyl (C=O) groups is 1. The molecule has 1 saturated carbocycles. The summed E-state index contributed by atoms with van der Waals surface area (Å²) in [5, 5.41) is 2.88. The van der Waals surface area contributed by atoms with Crippen LogP contribution in [0.2, 0.25) is 0 Å². The van der Waals surface area contributed by atoms with Crippen LogP contribution in [0.1, 0.15) is 42.5 Å². The van der Waals surface area contributed by atoms with Gasteiger partial charge in [0.1, 0.15) is 0 Å². The third-order valence-corrected chi connectivity index (χ3v) is 4.52. The van der Waals surface area contributed by atoms with Crippen LogP contribution >= 0.6 is 0 Å². The van der Waals surface area contributed by atoms with E-state index in [9.17, 15) is 22.4 Å². The monoisotopic (exact) mass is 377 g/mol. The zero-order valence-electron chi connectivity index (χ0n) is 14.3. The van der Waals surface area contributed by atoms with Crippen molar-refractivity contribution in [2.45, 2.75) is 50.5 Å². The summed E-state index contributed by atoms with van der Waals surface area (Å²) >= 11 is 0. The smallest absolute Gasteiger partial charge is 0.340 e. The van der Waals surface area contributed by atoms with Crippen molar-refractivity contribution in [3.63, 3.8) is 0 Å². The van der Waals surface area contributed by atoms with Crippen LogP contribution in [-0.2, 0) is 0 Å². The van der Waals surface area contributed by atoms with Gasteiger partial charge in [0.05, 0.1) is 5.56 Å². The van der Waals surface area contributed by atoms with Crippen LogP contribution < -0.4 is 15.8 Å². The Morgan fingerprint density at radius 3 is 2.54 bits per heavy atom. The van der Waals surface area contributed by atoms with Crippen molar-refractivity contribution in [3.8, 4) is 5.88 Å². The Balaban J connectivity index is 1.91. The average molecular weight is 377 g/mol. The van der Waals surface area contributed by atoms with Crippen LogP contribution in [0.4, 0.5) is 17.6 Å². The van der Waals surface area contributed by atoms with Gasteiger partial charge in [-0.25, -0.2) is 13.8 Å². The second-order valence-corrected chi connectivity index (χ2v) is 6.45. The first kappa shape index (κ1) is 20.4. The molecule has 1 heterocycles. The molecule has 1 unspecified atom stereocenters. The number of nitrogens with zero attached hydrogens (tertiary/aromatic N) is 1. The van der Waals surface area contributed by atoms with E-state index in [1.807, 2.05) is 0 Å². The van der Waals surface area contributed by atoms with Gasteiger partial charge in [0.25, 0.3) is 5.91 Å². The summed E-state index contributed by atoms with van der Waals surface area (Å²) in [4.78, 5) is 16.0. The fourth-order valence-electron chi connectivity index (χ4n) is 2.99. The van der Waals surface area contributed by atoms with Crippen molar-refractivity contribution < 1.29 is 27.1 Å². The lowest BCUT2D eigenvalue weighted by molar-refractivity contribution is -0.148. The summed E-state index contributed by atoms with van der Waals surface area (Å²) in [7, 11) is 0. The van der Waals surface area contributed by atoms with Crippen molar-refractivity contribution in [1.29, 1.82) is 0 Å². The number of pyridine rings is 1. The van der Waals surface area contributed by atoms with Crippen LogP contribution in [0.3, 0.4) is 0 Å². The maximum absolute atomic E-state index is 12.8. The van der Waals surface area contributed by atoms with Gasteiger partial charge in [-0.1, -0.05) is 19.3 Å². The van der Waals surface area contributed by atoms with E-state index in [1.54, 1.807) is 0 Å². The molecular weight excluding hydrogens is 354 g/mol. The molecule has 2 rings (SSSR count). The molecule has 26 heavy (non-hydrogen) atoms. The number of ether oxygens (including phenoxy) is 1. The third-order valence-electron chi connectivity index (χ3n) is 4.52. The highest BCUT2D eigenvalue weighted by atomic mass is 19.3. The normalized spacial score (nSPS) is 17.2. The number of carbonyl (C=O) groups excluding carboxylic acids is 1. The predicted octanol–water partition coefficient (Wildman–Crippen LogP) is 3.00. The van der Waals surface area contributed by atoms with E-state index < -0.39 is 19.0 Å². The Bertz CT molecular complexity index is 578. The van der Waals surface area contributed by atoms with Crippen molar-refractivity contribution in [2.75, 3.05) is 13.2 Å². The lowest BCUT2D eigenvalue weighted by atomic mass is 9.84. The Morgan fingerprint density at radius 1 is 1.31 bits per heavy atom. The summed E-state index contributed by atoms with van der Waals surface area (Å²) < 4.78 is 54.4. The number of aromatic nitrogens is 1. The molecule has 1 aromatic rings. The van der Waals surface area contributed by atoms with Crippen molar-refractivity contribution in [1.82, 2.24) is 10.3 Å². The molecule has 1 amide bonds. The second-order valence-electron chi connectivity index (χ2n) is 6.45. The summed E-state index contributed by atoms with van der Waals surface area (Å²) in [6, 6.07) is 2.39. The molecule has 3 N–H and O–H groups in total. The van der Waals surface area contributed by atoms with Crippen LogP contribution in [0.25, 0.3) is 0 Å². The zero-order valence-corrected chi connectivity index (χ0v) is 14.3. The predicted molar refractivity (Wildman–Crippen MR) is 87.6 cm³/mol. The summed E-state index contributed by atoms with van der Waals surface area (Å²) in [5.41, 5.74) is 5.99. The SMILES string of the molecule is NCC(NC(=O)c1ccc(OCC(F)(F)C(F)F)nc1)C1CCCCC1. The van der Waals surface area contributed by atoms with Crippen molar-refractivity contribution >= 4 is 5.91 Å². The molecule has 0 saturated heterocycles. The van der Waals surface area contributed by atoms with Gasteiger partial charge in [-0.3, -0.25) is 4.79 Å². The molecule has 0 radical (unpaired) electrons. The van der Waals surface area contributed by atoms with E-state index in [-0.39, 0.29) is 23.4 Å². The first-order chi connectivity index (χ1) is 12.3. The molecule has 1 aliphatic carbocycles. The Labute approximate surface area is 149 Å². The Morgan fingerprint density at radius 2 is 2.00 bits per heavy atom. The number of nitrogens with two attached hydrogens (primary N) is 1. The fraction of sp³-hybridized carbons (Fsp3) is 0.647. The molecule has 0 aromatic carbocycles. The number of alkyl halides is 4. The number of hydrogen-bond acceptors (Lipinski definition) is 4. The maximum atomic E-state index is 12.8. The van der Waals surface area contributed by atoms with E-state index >= 15 is 0 Å². The lowest BCUT2D eigenvalue weighted by Gasteiger charge is -2.30. The van der Waals surface area contributed by atoms with E-state index in [0.717, 1.165) is 31.9 Å². The maximum Gasteiger partial charge on any atom is 0.340 e. The van der Waals surface area contributed by atoms with Gasteiger partial charge in [0, 0.05) is 24.8 Å². The highest BCUT2D eigenvalue weighted by Gasteiger charge is 2.41. The standard InChI is InChI=1S/C17H23F4N3O2/c18-16(19)17(20,21)10-26-14-7-6-12(9-23-14)15(25)24-13(8-22)11-4-2-1-3-5-11/h6-7,9,11,13,16H,1-5,8,10,22H2,(H,24,25). The van der Waals surface area contributed by atoms with Gasteiger partial charge in [0.15, 0.2) is 6.61 Å². The minimum absolute atomic E-state index is 0.136. The zero-order chi connectivity index (χ0) is 19.2. The summed E-state index contributed by atoms with van der Waals surface area (Å²) in [5.74, 6) is -4.55. The molecule has 1 atom stereocenters. The van der Waals surface area contributed by atoms with Gasteiger partial charge in [-0.15, -0.1) is 0 Å². The van der Waals surface area contributed by atoms with E-state index in [2.05, 4.69) is 15.0 Å². The minimum atomic E-state index is -4.26. The second kappa shape index (κ2) is 9.16. The van der Waals surface area contributed by atoms with Crippen LogP contribution in [0.15, 0.2) is 18.3 Å². The van der Waals surface area contributed by atoms with Gasteiger partial charge in [0.2, 0.25) is 5.88 Å². The van der Waals surface area contributed by atoms with Crippen LogP contribution in [-0.4, -0.2) is 42.4 Å². The number of rotatable bonds is 8. The minimum Gasteiger partial charge on any atom is -0.471 e. The van der Waals surface area contributed by atoms with Gasteiger partial charge >= 0.3 is 12.3 Å². The largest absolute Gasteiger partial charge is 0.471 e. The molecule has 0 bridgehead atoms. The van der Waals surface area contributed by atoms with E-state index in [1.165, 1.54) is 18.6 Å². The quantitative estimate of drug-likeness (QED) is 0.683. The molecular formula is C17H23F4N3O2. The number of amides is 1. The molecule has 9 heteroatoms. The third kappa shape index (κ3) is 5.55. The molecule has 0 aliphatic heterocycles. The van der Waals surface area contributed by atoms with Gasteiger partial charge in [-0.05, 0) is 24.8 Å². The topological polar surface area (TPSA) is 77.2 Å². The number of hydrogen-bond donors (Lipinski definition) is 2. The molecule has 5 nitrogen and oxygen atoms in total. The molecule has 1 aliphatic rings. The lowest BCUT2D eigenvalue weighted by Crippen LogP contribution is -2.45. The van der Waals surface area contributed by atoms with Crippen LogP contribution in [0.5, 0.6) is 5.88 Å². The fourth-order valence-corrected chi connectivity index (χ4v) is 2.99. The first-order valence-electron chi connectivity index (χ1n) is 8.59. The number of nitrogens with one attached hydrogen (secondary N) is 1. The molecule has 0 spiro atoms. The van der Waals surface area contributed by atoms with E-state index in [0.29, 0.717) is 12.5 Å². The molecule has 146 valence electrons. The summed E-state index contributed by atoms with van der Waals surface area (Å²) in [6.45, 7) is -1.16. The summed E-state index contributed by atoms with van der Waals surface area (Å²) in [6.07, 6.45) is 2.80. The van der Waals surface area contributed by atoms with E-state index in [4.69, 9.17) is 5.73 Å². The molecule has 1 aromatic heterocycles. The first-order valence-corrected chi connectivity index (χ1v) is 8.59. The van der Waals surface area contributed by atoms with Gasteiger partial charge in [-0.2, -0.15) is 8.78 Å². The molecule has 1 fully saturated rings. The van der Waals surface area contributed by atoms with Crippen molar-refractivity contribution in [2.24, 2.45) is 11.7 Å². The number of halogens is 4. The Kier molecular flexibility index (Phi) is 7.19. The van der Waals surface area contributed by atoms with Crippen LogP contribution in [0, 0.1) is 5.92 Å².